The summed E-state index contributed by atoms with van der Waals surface area (Å²) in [6.45, 7) is 2.21. The second-order valence-electron chi connectivity index (χ2n) is 6.15. The van der Waals surface area contributed by atoms with E-state index >= 15 is 0 Å². The Morgan fingerprint density at radius 2 is 1.85 bits per heavy atom. The molecule has 0 aliphatic carbocycles. The molecule has 2 aromatic carbocycles. The Bertz CT molecular complexity index is 1020. The van der Waals surface area contributed by atoms with Gasteiger partial charge >= 0.3 is 0 Å². The lowest BCUT2D eigenvalue weighted by Gasteiger charge is -2.13. The van der Waals surface area contributed by atoms with Crippen LogP contribution in [0, 0.1) is 0 Å². The highest BCUT2D eigenvalue weighted by molar-refractivity contribution is 5.94. The molecule has 2 heterocycles. The van der Waals surface area contributed by atoms with Crippen LogP contribution in [-0.2, 0) is 11.3 Å². The standard InChI is InChI=1S/C21H19N3O2/c1-15(21(25)22-14-17-10-7-13-26-17)24-19-12-6-5-11-18(19)20(23-24)16-8-3-2-4-9-16/h2-13,15H,14H2,1H3,(H,22,25)/t15-/m1/s1. The number of furan rings is 1. The maximum Gasteiger partial charge on any atom is 0.244 e. The molecule has 0 saturated carbocycles. The first-order valence-corrected chi connectivity index (χ1v) is 8.57. The molecule has 4 aromatic rings. The van der Waals surface area contributed by atoms with Crippen molar-refractivity contribution < 1.29 is 9.21 Å². The normalized spacial score (nSPS) is 12.2. The van der Waals surface area contributed by atoms with Gasteiger partial charge in [-0.3, -0.25) is 9.48 Å². The summed E-state index contributed by atoms with van der Waals surface area (Å²) in [5, 5.41) is 8.69. The Labute approximate surface area is 151 Å². The van der Waals surface area contributed by atoms with Crippen LogP contribution in [0.2, 0.25) is 0 Å². The summed E-state index contributed by atoms with van der Waals surface area (Å²) in [5.74, 6) is 0.620. The van der Waals surface area contributed by atoms with Gasteiger partial charge in [0.2, 0.25) is 5.91 Å². The first-order chi connectivity index (χ1) is 12.7. The van der Waals surface area contributed by atoms with E-state index < -0.39 is 6.04 Å². The van der Waals surface area contributed by atoms with Gasteiger partial charge in [0.25, 0.3) is 0 Å². The van der Waals surface area contributed by atoms with E-state index in [1.165, 1.54) is 0 Å². The van der Waals surface area contributed by atoms with Gasteiger partial charge in [0, 0.05) is 10.9 Å². The molecule has 2 aromatic heterocycles. The number of aromatic nitrogens is 2. The smallest absolute Gasteiger partial charge is 0.244 e. The van der Waals surface area contributed by atoms with Crippen LogP contribution in [0.15, 0.2) is 77.4 Å². The van der Waals surface area contributed by atoms with Gasteiger partial charge in [-0.25, -0.2) is 0 Å². The summed E-state index contributed by atoms with van der Waals surface area (Å²) in [4.78, 5) is 12.6. The molecule has 1 amide bonds. The number of nitrogens with one attached hydrogen (secondary N) is 1. The third kappa shape index (κ3) is 2.99. The van der Waals surface area contributed by atoms with Crippen LogP contribution in [0.1, 0.15) is 18.7 Å². The van der Waals surface area contributed by atoms with E-state index in [1.807, 2.05) is 67.6 Å². The number of amides is 1. The van der Waals surface area contributed by atoms with Crippen molar-refractivity contribution in [1.29, 1.82) is 0 Å². The van der Waals surface area contributed by atoms with Gasteiger partial charge in [0.1, 0.15) is 17.5 Å². The number of rotatable bonds is 5. The van der Waals surface area contributed by atoms with Crippen molar-refractivity contribution in [2.45, 2.75) is 19.5 Å². The Morgan fingerprint density at radius 3 is 2.62 bits per heavy atom. The summed E-state index contributed by atoms with van der Waals surface area (Å²) in [6.07, 6.45) is 1.60. The van der Waals surface area contributed by atoms with Crippen molar-refractivity contribution >= 4 is 16.8 Å². The van der Waals surface area contributed by atoms with Crippen LogP contribution >= 0.6 is 0 Å². The maximum absolute atomic E-state index is 12.6. The average molecular weight is 345 g/mol. The number of hydrogen-bond acceptors (Lipinski definition) is 3. The molecule has 0 unspecified atom stereocenters. The topological polar surface area (TPSA) is 60.1 Å². The molecule has 5 heteroatoms. The van der Waals surface area contributed by atoms with E-state index in [9.17, 15) is 4.79 Å². The average Bonchev–Trinajstić information content (AvgIpc) is 3.34. The van der Waals surface area contributed by atoms with Crippen LogP contribution in [-0.4, -0.2) is 15.7 Å². The van der Waals surface area contributed by atoms with Gasteiger partial charge in [0.15, 0.2) is 0 Å². The fraction of sp³-hybridized carbons (Fsp3) is 0.143. The molecular weight excluding hydrogens is 326 g/mol. The fourth-order valence-corrected chi connectivity index (χ4v) is 3.04. The second kappa shape index (κ2) is 6.88. The molecule has 0 bridgehead atoms. The van der Waals surface area contributed by atoms with Gasteiger partial charge in [-0.1, -0.05) is 48.5 Å². The monoisotopic (exact) mass is 345 g/mol. The molecule has 1 atom stereocenters. The minimum absolute atomic E-state index is 0.103. The number of fused-ring (bicyclic) bond motifs is 1. The predicted molar refractivity (Wildman–Crippen MR) is 100 cm³/mol. The van der Waals surface area contributed by atoms with Crippen molar-refractivity contribution in [3.05, 3.63) is 78.8 Å². The molecule has 26 heavy (non-hydrogen) atoms. The van der Waals surface area contributed by atoms with Crippen molar-refractivity contribution in [3.8, 4) is 11.3 Å². The van der Waals surface area contributed by atoms with Gasteiger partial charge in [0.05, 0.1) is 18.3 Å². The van der Waals surface area contributed by atoms with Crippen LogP contribution in [0.25, 0.3) is 22.2 Å². The molecule has 130 valence electrons. The third-order valence-corrected chi connectivity index (χ3v) is 4.42. The van der Waals surface area contributed by atoms with Gasteiger partial charge < -0.3 is 9.73 Å². The summed E-state index contributed by atoms with van der Waals surface area (Å²) in [7, 11) is 0. The van der Waals surface area contributed by atoms with Gasteiger partial charge in [-0.05, 0) is 25.1 Å². The first-order valence-electron chi connectivity index (χ1n) is 8.57. The zero-order valence-electron chi connectivity index (χ0n) is 14.4. The highest BCUT2D eigenvalue weighted by Crippen LogP contribution is 2.29. The molecule has 0 saturated heterocycles. The fourth-order valence-electron chi connectivity index (χ4n) is 3.04. The minimum Gasteiger partial charge on any atom is -0.467 e. The summed E-state index contributed by atoms with van der Waals surface area (Å²) >= 11 is 0. The summed E-state index contributed by atoms with van der Waals surface area (Å²) in [6, 6.07) is 21.2. The molecular formula is C21H19N3O2. The van der Waals surface area contributed by atoms with E-state index in [4.69, 9.17) is 9.52 Å². The number of carbonyl (C=O) groups excluding carboxylic acids is 1. The number of nitrogens with zero attached hydrogens (tertiary/aromatic N) is 2. The minimum atomic E-state index is -0.438. The summed E-state index contributed by atoms with van der Waals surface area (Å²) < 4.78 is 7.05. The summed E-state index contributed by atoms with van der Waals surface area (Å²) in [5.41, 5.74) is 2.85. The Kier molecular flexibility index (Phi) is 4.27. The Balaban J connectivity index is 1.66. The Hall–Kier alpha value is -3.34. The van der Waals surface area contributed by atoms with E-state index in [1.54, 1.807) is 17.0 Å². The molecule has 1 N–H and O–H groups in total. The molecule has 0 spiro atoms. The lowest BCUT2D eigenvalue weighted by molar-refractivity contribution is -0.124. The highest BCUT2D eigenvalue weighted by Gasteiger charge is 2.21. The van der Waals surface area contributed by atoms with Gasteiger partial charge in [-0.15, -0.1) is 0 Å². The zero-order chi connectivity index (χ0) is 17.9. The quantitative estimate of drug-likeness (QED) is 0.590. The van der Waals surface area contributed by atoms with E-state index in [-0.39, 0.29) is 5.91 Å². The number of hydrogen-bond donors (Lipinski definition) is 1. The van der Waals surface area contributed by atoms with Crippen molar-refractivity contribution in [1.82, 2.24) is 15.1 Å². The van der Waals surface area contributed by atoms with Crippen LogP contribution in [0.5, 0.6) is 0 Å². The molecule has 0 aliphatic rings. The van der Waals surface area contributed by atoms with E-state index in [0.29, 0.717) is 6.54 Å². The number of benzene rings is 2. The molecule has 0 aliphatic heterocycles. The first kappa shape index (κ1) is 16.1. The van der Waals surface area contributed by atoms with Crippen LogP contribution in [0.3, 0.4) is 0 Å². The molecule has 4 rings (SSSR count). The maximum atomic E-state index is 12.6. The van der Waals surface area contributed by atoms with Crippen molar-refractivity contribution in [2.24, 2.45) is 0 Å². The van der Waals surface area contributed by atoms with Crippen LogP contribution in [0.4, 0.5) is 0 Å². The molecule has 5 nitrogen and oxygen atoms in total. The molecule has 0 fully saturated rings. The van der Waals surface area contributed by atoms with E-state index in [0.717, 1.165) is 27.9 Å². The molecule has 0 radical (unpaired) electrons. The number of para-hydroxylation sites is 1. The van der Waals surface area contributed by atoms with Crippen molar-refractivity contribution in [3.63, 3.8) is 0 Å². The van der Waals surface area contributed by atoms with Gasteiger partial charge in [-0.2, -0.15) is 5.10 Å². The largest absolute Gasteiger partial charge is 0.467 e. The van der Waals surface area contributed by atoms with Crippen LogP contribution < -0.4 is 5.32 Å². The lowest BCUT2D eigenvalue weighted by atomic mass is 10.1. The highest BCUT2D eigenvalue weighted by atomic mass is 16.3. The SMILES string of the molecule is C[C@H](C(=O)NCc1ccco1)n1nc(-c2ccccc2)c2ccccc21. The van der Waals surface area contributed by atoms with E-state index in [2.05, 4.69) is 5.32 Å². The second-order valence-corrected chi connectivity index (χ2v) is 6.15. The van der Waals surface area contributed by atoms with Crippen molar-refractivity contribution in [2.75, 3.05) is 0 Å². The lowest BCUT2D eigenvalue weighted by Crippen LogP contribution is -2.31. The predicted octanol–water partition coefficient (Wildman–Crippen LogP) is 4.17. The zero-order valence-corrected chi connectivity index (χ0v) is 14.4. The Morgan fingerprint density at radius 1 is 1.08 bits per heavy atom. The third-order valence-electron chi connectivity index (χ3n) is 4.42. The number of carbonyl (C=O) groups is 1.